The van der Waals surface area contributed by atoms with Crippen LogP contribution in [0.1, 0.15) is 58.5 Å². The van der Waals surface area contributed by atoms with Crippen LogP contribution in [0.3, 0.4) is 0 Å². The van der Waals surface area contributed by atoms with Gasteiger partial charge in [0.25, 0.3) is 0 Å². The van der Waals surface area contributed by atoms with Crippen molar-refractivity contribution in [2.45, 2.75) is 46.1 Å². The van der Waals surface area contributed by atoms with E-state index >= 15 is 0 Å². The van der Waals surface area contributed by atoms with Crippen molar-refractivity contribution in [3.8, 4) is 5.00 Å². The van der Waals surface area contributed by atoms with Crippen LogP contribution in [0.2, 0.25) is 0 Å². The number of aliphatic carboxylic acids is 1. The monoisotopic (exact) mass is 547 g/mol. The summed E-state index contributed by atoms with van der Waals surface area (Å²) in [5.74, 6) is 1.26. The van der Waals surface area contributed by atoms with Crippen LogP contribution < -0.4 is 10.2 Å². The van der Waals surface area contributed by atoms with Crippen LogP contribution >= 0.6 is 11.3 Å². The molecule has 0 saturated carbocycles. The Morgan fingerprint density at radius 2 is 1.77 bits per heavy atom. The standard InChI is InChI=1S/C29H37N7O2S/c1-18-19(2)39-29-26(18)27(31-24(16-25(37)38)28-33-32-20(3)36(28)29)22-4-6-23(7-5-22)35-14-12-34(13-15-35)17-21-8-10-30-11-9-21/h4-7,21,24,30H,8-17H2,1-3H3,(H,37,38)/t24-/m0/s1. The number of carboxylic acid groups (broad SMARTS) is 1. The molecule has 0 amide bonds. The van der Waals surface area contributed by atoms with Crippen molar-refractivity contribution >= 4 is 28.7 Å². The Balaban J connectivity index is 1.26. The lowest BCUT2D eigenvalue weighted by Gasteiger charge is -2.38. The lowest BCUT2D eigenvalue weighted by Crippen LogP contribution is -2.48. The average molecular weight is 548 g/mol. The zero-order chi connectivity index (χ0) is 27.1. The summed E-state index contributed by atoms with van der Waals surface area (Å²) in [5.41, 5.74) is 5.27. The van der Waals surface area contributed by atoms with Gasteiger partial charge in [-0.25, -0.2) is 0 Å². The van der Waals surface area contributed by atoms with Gasteiger partial charge in [-0.15, -0.1) is 21.5 Å². The summed E-state index contributed by atoms with van der Waals surface area (Å²) in [4.78, 5) is 23.2. The fourth-order valence-corrected chi connectivity index (χ4v) is 7.35. The van der Waals surface area contributed by atoms with E-state index in [2.05, 4.69) is 63.4 Å². The number of piperazine rings is 1. The van der Waals surface area contributed by atoms with Crippen LogP contribution in [0.15, 0.2) is 29.3 Å². The van der Waals surface area contributed by atoms with Crippen molar-refractivity contribution in [1.29, 1.82) is 0 Å². The third kappa shape index (κ3) is 5.13. The molecule has 0 bridgehead atoms. The normalized spacial score (nSPS) is 20.3. The number of benzene rings is 1. The number of nitrogens with zero attached hydrogens (tertiary/aromatic N) is 6. The van der Waals surface area contributed by atoms with Gasteiger partial charge in [0.05, 0.1) is 12.1 Å². The second kappa shape index (κ2) is 10.8. The van der Waals surface area contributed by atoms with Crippen molar-refractivity contribution in [2.24, 2.45) is 10.9 Å². The minimum absolute atomic E-state index is 0.131. The number of rotatable bonds is 6. The minimum Gasteiger partial charge on any atom is -0.481 e. The molecule has 10 heteroatoms. The number of hydrogen-bond donors (Lipinski definition) is 2. The van der Waals surface area contributed by atoms with Gasteiger partial charge in [0.15, 0.2) is 5.82 Å². The van der Waals surface area contributed by atoms with Crippen LogP contribution in [0.4, 0.5) is 5.69 Å². The molecule has 0 aliphatic carbocycles. The highest BCUT2D eigenvalue weighted by Crippen LogP contribution is 2.39. The highest BCUT2D eigenvalue weighted by atomic mass is 32.1. The smallest absolute Gasteiger partial charge is 0.306 e. The van der Waals surface area contributed by atoms with E-state index in [1.54, 1.807) is 11.3 Å². The molecule has 5 heterocycles. The van der Waals surface area contributed by atoms with Crippen LogP contribution in [0.5, 0.6) is 0 Å². The SMILES string of the molecule is Cc1sc2c(c1C)C(c1ccc(N3CCN(CC4CCNCC4)CC3)cc1)=N[C@@H](CC(=O)O)c1nnc(C)n1-2. The first-order valence-electron chi connectivity index (χ1n) is 14.0. The highest BCUT2D eigenvalue weighted by Gasteiger charge is 2.32. The molecule has 2 aromatic heterocycles. The van der Waals surface area contributed by atoms with Gasteiger partial charge in [-0.2, -0.15) is 0 Å². The van der Waals surface area contributed by atoms with E-state index in [9.17, 15) is 9.90 Å². The van der Waals surface area contributed by atoms with E-state index in [1.807, 2.05) is 11.5 Å². The highest BCUT2D eigenvalue weighted by molar-refractivity contribution is 7.15. The van der Waals surface area contributed by atoms with Crippen molar-refractivity contribution in [3.63, 3.8) is 0 Å². The lowest BCUT2D eigenvalue weighted by molar-refractivity contribution is -0.137. The second-order valence-corrected chi connectivity index (χ2v) is 12.2. The largest absolute Gasteiger partial charge is 0.481 e. The molecule has 0 radical (unpaired) electrons. The third-order valence-electron chi connectivity index (χ3n) is 8.46. The van der Waals surface area contributed by atoms with Crippen molar-refractivity contribution in [1.82, 2.24) is 25.0 Å². The maximum absolute atomic E-state index is 11.8. The fraction of sp³-hybridized carbons (Fsp3) is 0.517. The number of aromatic nitrogens is 3. The number of carboxylic acids is 1. The first-order chi connectivity index (χ1) is 18.9. The van der Waals surface area contributed by atoms with E-state index in [4.69, 9.17) is 4.99 Å². The molecule has 2 N–H and O–H groups in total. The Morgan fingerprint density at radius 3 is 2.46 bits per heavy atom. The second-order valence-electron chi connectivity index (χ2n) is 11.0. The first kappa shape index (κ1) is 26.2. The number of nitrogens with one attached hydrogen (secondary N) is 1. The molecule has 0 spiro atoms. The number of anilines is 1. The molecule has 39 heavy (non-hydrogen) atoms. The number of aliphatic imine (C=N–C) groups is 1. The number of carbonyl (C=O) groups is 1. The number of thiophene rings is 1. The van der Waals surface area contributed by atoms with Crippen molar-refractivity contribution in [2.75, 3.05) is 50.7 Å². The summed E-state index contributed by atoms with van der Waals surface area (Å²) in [6.45, 7) is 14.0. The quantitative estimate of drug-likeness (QED) is 0.485. The van der Waals surface area contributed by atoms with Crippen molar-refractivity contribution < 1.29 is 9.90 Å². The Hall–Kier alpha value is -3.08. The van der Waals surface area contributed by atoms with Gasteiger partial charge in [0.1, 0.15) is 16.9 Å². The molecule has 0 unspecified atom stereocenters. The Morgan fingerprint density at radius 1 is 1.05 bits per heavy atom. The lowest BCUT2D eigenvalue weighted by atomic mass is 9.97. The Labute approximate surface area is 233 Å². The van der Waals surface area contributed by atoms with Gasteiger partial charge in [0, 0.05) is 54.4 Å². The average Bonchev–Trinajstić information content (AvgIpc) is 3.41. The minimum atomic E-state index is -0.900. The zero-order valence-corrected chi connectivity index (χ0v) is 23.8. The first-order valence-corrected chi connectivity index (χ1v) is 14.8. The molecule has 3 aliphatic rings. The van der Waals surface area contributed by atoms with Crippen LogP contribution in [0, 0.1) is 26.7 Å². The summed E-state index contributed by atoms with van der Waals surface area (Å²) in [6.07, 6.45) is 2.46. The Kier molecular flexibility index (Phi) is 7.26. The fourth-order valence-electron chi connectivity index (χ4n) is 6.14. The van der Waals surface area contributed by atoms with Crippen LogP contribution in [0.25, 0.3) is 5.00 Å². The van der Waals surface area contributed by atoms with Gasteiger partial charge in [-0.1, -0.05) is 12.1 Å². The van der Waals surface area contributed by atoms with Gasteiger partial charge in [0.2, 0.25) is 0 Å². The van der Waals surface area contributed by atoms with Crippen molar-refractivity contribution in [3.05, 3.63) is 57.5 Å². The van der Waals surface area contributed by atoms with Gasteiger partial charge < -0.3 is 15.3 Å². The zero-order valence-electron chi connectivity index (χ0n) is 23.0. The molecule has 3 aromatic rings. The summed E-state index contributed by atoms with van der Waals surface area (Å²) in [7, 11) is 0. The molecule has 2 fully saturated rings. The maximum atomic E-state index is 11.8. The molecule has 6 rings (SSSR count). The summed E-state index contributed by atoms with van der Waals surface area (Å²) >= 11 is 1.69. The molecule has 3 aliphatic heterocycles. The maximum Gasteiger partial charge on any atom is 0.306 e. The van der Waals surface area contributed by atoms with E-state index in [0.717, 1.165) is 78.4 Å². The third-order valence-corrected chi connectivity index (χ3v) is 9.65. The van der Waals surface area contributed by atoms with Crippen LogP contribution in [-0.2, 0) is 4.79 Å². The molecular formula is C29H37N7O2S. The molecule has 206 valence electrons. The number of piperidine rings is 1. The summed E-state index contributed by atoms with van der Waals surface area (Å²) < 4.78 is 2.00. The topological polar surface area (TPSA) is 98.9 Å². The number of fused-ring (bicyclic) bond motifs is 3. The molecule has 1 aromatic carbocycles. The predicted molar refractivity (Wildman–Crippen MR) is 155 cm³/mol. The molecule has 1 atom stereocenters. The molecular weight excluding hydrogens is 510 g/mol. The van der Waals surface area contributed by atoms with E-state index < -0.39 is 12.0 Å². The van der Waals surface area contributed by atoms with Gasteiger partial charge in [-0.05, 0) is 70.3 Å². The van der Waals surface area contributed by atoms with E-state index in [1.165, 1.54) is 30.0 Å². The summed E-state index contributed by atoms with van der Waals surface area (Å²) in [5, 5.41) is 22.8. The Bertz CT molecular complexity index is 1380. The van der Waals surface area contributed by atoms with E-state index in [0.29, 0.717) is 5.82 Å². The molecule has 2 saturated heterocycles. The van der Waals surface area contributed by atoms with E-state index in [-0.39, 0.29) is 6.42 Å². The molecule has 9 nitrogen and oxygen atoms in total. The van der Waals surface area contributed by atoms with Gasteiger partial charge in [-0.3, -0.25) is 19.3 Å². The number of aryl methyl sites for hydroxylation is 2. The number of hydrogen-bond acceptors (Lipinski definition) is 8. The predicted octanol–water partition coefficient (Wildman–Crippen LogP) is 3.74. The van der Waals surface area contributed by atoms with Crippen LogP contribution in [-0.4, -0.2) is 82.3 Å². The van der Waals surface area contributed by atoms with Gasteiger partial charge >= 0.3 is 5.97 Å². The summed E-state index contributed by atoms with van der Waals surface area (Å²) in [6, 6.07) is 8.06.